The molecule has 0 radical (unpaired) electrons. The van der Waals surface area contributed by atoms with E-state index in [1.807, 2.05) is 12.1 Å². The summed E-state index contributed by atoms with van der Waals surface area (Å²) in [5.41, 5.74) is 2.54. The number of ether oxygens (including phenoxy) is 1. The Hall–Kier alpha value is -2.75. The molecule has 10 heteroatoms. The van der Waals surface area contributed by atoms with Gasteiger partial charge in [0.15, 0.2) is 22.4 Å². The minimum atomic E-state index is -4.37. The molecular weight excluding hydrogens is 419 g/mol. The molecule has 0 aliphatic heterocycles. The van der Waals surface area contributed by atoms with E-state index in [1.165, 1.54) is 18.4 Å². The first kappa shape index (κ1) is 23.5. The number of rotatable bonds is 8. The van der Waals surface area contributed by atoms with Crippen LogP contribution >= 0.6 is 0 Å². The maximum atomic E-state index is 12.2. The van der Waals surface area contributed by atoms with E-state index >= 15 is 0 Å². The predicted molar refractivity (Wildman–Crippen MR) is 110 cm³/mol. The number of halogens is 3. The molecule has 6 nitrogen and oxygen atoms in total. The maximum Gasteiger partial charge on any atom is 0.422 e. The number of nitrogens with one attached hydrogen (secondary N) is 2. The van der Waals surface area contributed by atoms with Crippen molar-refractivity contribution in [3.8, 4) is 5.75 Å². The summed E-state index contributed by atoms with van der Waals surface area (Å²) in [5, 5.41) is 6.26. The lowest BCUT2D eigenvalue weighted by Gasteiger charge is -2.13. The van der Waals surface area contributed by atoms with Crippen molar-refractivity contribution in [2.45, 2.75) is 25.0 Å². The van der Waals surface area contributed by atoms with Crippen LogP contribution in [0.25, 0.3) is 0 Å². The largest absolute Gasteiger partial charge is 0.484 e. The van der Waals surface area contributed by atoms with Crippen LogP contribution in [0.1, 0.15) is 16.7 Å². The zero-order valence-electron chi connectivity index (χ0n) is 16.7. The molecule has 0 unspecified atom stereocenters. The highest BCUT2D eigenvalue weighted by molar-refractivity contribution is 7.89. The van der Waals surface area contributed by atoms with E-state index in [2.05, 4.69) is 20.4 Å². The van der Waals surface area contributed by atoms with Gasteiger partial charge in [-0.2, -0.15) is 13.2 Å². The minimum Gasteiger partial charge on any atom is -0.484 e. The highest BCUT2D eigenvalue weighted by atomic mass is 32.2. The van der Waals surface area contributed by atoms with Gasteiger partial charge in [-0.3, -0.25) is 4.99 Å². The first-order valence-corrected chi connectivity index (χ1v) is 11.1. The molecule has 0 aliphatic rings. The molecule has 0 aromatic heterocycles. The summed E-state index contributed by atoms with van der Waals surface area (Å²) in [6, 6.07) is 13.6. The molecule has 0 atom stereocenters. The molecule has 2 N–H and O–H groups in total. The van der Waals surface area contributed by atoms with E-state index < -0.39 is 22.6 Å². The molecule has 2 rings (SSSR count). The van der Waals surface area contributed by atoms with Crippen LogP contribution in [0.2, 0.25) is 0 Å². The molecule has 2 aromatic rings. The van der Waals surface area contributed by atoms with Crippen molar-refractivity contribution in [3.63, 3.8) is 0 Å². The summed E-state index contributed by atoms with van der Waals surface area (Å²) < 4.78 is 63.9. The summed E-state index contributed by atoms with van der Waals surface area (Å²) in [4.78, 5) is 4.12. The lowest BCUT2D eigenvalue weighted by atomic mass is 10.1. The van der Waals surface area contributed by atoms with E-state index in [0.29, 0.717) is 19.0 Å². The third kappa shape index (κ3) is 9.17. The van der Waals surface area contributed by atoms with Crippen molar-refractivity contribution in [2.24, 2.45) is 4.99 Å². The monoisotopic (exact) mass is 443 g/mol. The summed E-state index contributed by atoms with van der Waals surface area (Å²) in [5.74, 6) is 0.703. The molecule has 2 aromatic carbocycles. The van der Waals surface area contributed by atoms with Crippen molar-refractivity contribution >= 4 is 15.8 Å². The number of hydrogen-bond donors (Lipinski definition) is 2. The number of hydrogen-bond acceptors (Lipinski definition) is 4. The maximum absolute atomic E-state index is 12.2. The number of guanidine groups is 1. The zero-order chi connectivity index (χ0) is 22.2. The summed E-state index contributed by atoms with van der Waals surface area (Å²) in [6.45, 7) is -0.411. The minimum absolute atomic E-state index is 0.00394. The Kier molecular flexibility index (Phi) is 8.10. The molecule has 0 heterocycles. The average molecular weight is 443 g/mol. The fraction of sp³-hybridized carbons (Fsp3) is 0.350. The fourth-order valence-electron chi connectivity index (χ4n) is 2.52. The number of benzene rings is 2. The topological polar surface area (TPSA) is 79.8 Å². The smallest absolute Gasteiger partial charge is 0.422 e. The van der Waals surface area contributed by atoms with Crippen molar-refractivity contribution in [2.75, 3.05) is 19.9 Å². The van der Waals surface area contributed by atoms with Gasteiger partial charge in [0.2, 0.25) is 0 Å². The summed E-state index contributed by atoms with van der Waals surface area (Å²) in [7, 11) is -1.45. The van der Waals surface area contributed by atoms with Crippen LogP contribution in [0, 0.1) is 0 Å². The molecule has 0 fully saturated rings. The highest BCUT2D eigenvalue weighted by Gasteiger charge is 2.28. The van der Waals surface area contributed by atoms with Crippen LogP contribution in [0.3, 0.4) is 0 Å². The van der Waals surface area contributed by atoms with Gasteiger partial charge in [-0.15, -0.1) is 0 Å². The molecule has 0 saturated carbocycles. The van der Waals surface area contributed by atoms with Gasteiger partial charge in [0.25, 0.3) is 0 Å². The van der Waals surface area contributed by atoms with Gasteiger partial charge < -0.3 is 15.4 Å². The SMILES string of the molecule is CN=C(NCc1ccc(CS(C)(=O)=O)cc1)NCc1ccc(OCC(F)(F)F)cc1. The van der Waals surface area contributed by atoms with Crippen LogP contribution in [-0.4, -0.2) is 40.5 Å². The molecule has 30 heavy (non-hydrogen) atoms. The van der Waals surface area contributed by atoms with Gasteiger partial charge >= 0.3 is 6.18 Å². The van der Waals surface area contributed by atoms with Gasteiger partial charge in [-0.25, -0.2) is 8.42 Å². The highest BCUT2D eigenvalue weighted by Crippen LogP contribution is 2.18. The molecule has 164 valence electrons. The van der Waals surface area contributed by atoms with E-state index in [0.717, 1.165) is 16.7 Å². The Morgan fingerprint density at radius 3 is 1.83 bits per heavy atom. The second kappa shape index (κ2) is 10.3. The van der Waals surface area contributed by atoms with Gasteiger partial charge in [0.1, 0.15) is 5.75 Å². The first-order chi connectivity index (χ1) is 14.0. The molecule has 0 saturated heterocycles. The standard InChI is InChI=1S/C20H24F3N3O3S/c1-24-19(25-11-15-3-5-17(6-4-15)13-30(2,27)28)26-12-16-7-9-18(10-8-16)29-14-20(21,22)23/h3-10H,11-14H2,1-2H3,(H2,24,25,26). The summed E-state index contributed by atoms with van der Waals surface area (Å²) >= 11 is 0. The third-order valence-electron chi connectivity index (χ3n) is 3.92. The van der Waals surface area contributed by atoms with Crippen LogP contribution < -0.4 is 15.4 Å². The molecule has 0 bridgehead atoms. The number of nitrogens with zero attached hydrogens (tertiary/aromatic N) is 1. The first-order valence-electron chi connectivity index (χ1n) is 9.02. The average Bonchev–Trinajstić information content (AvgIpc) is 2.67. The van der Waals surface area contributed by atoms with E-state index in [4.69, 9.17) is 0 Å². The lowest BCUT2D eigenvalue weighted by molar-refractivity contribution is -0.153. The van der Waals surface area contributed by atoms with Gasteiger partial charge in [-0.05, 0) is 28.8 Å². The zero-order valence-corrected chi connectivity index (χ0v) is 17.5. The van der Waals surface area contributed by atoms with Crippen molar-refractivity contribution < 1.29 is 26.3 Å². The predicted octanol–water partition coefficient (Wildman–Crippen LogP) is 3.04. The third-order valence-corrected chi connectivity index (χ3v) is 4.78. The van der Waals surface area contributed by atoms with Gasteiger partial charge in [-0.1, -0.05) is 36.4 Å². The van der Waals surface area contributed by atoms with Crippen molar-refractivity contribution in [3.05, 3.63) is 65.2 Å². The second-order valence-electron chi connectivity index (χ2n) is 6.71. The quantitative estimate of drug-likeness (QED) is 0.484. The van der Waals surface area contributed by atoms with Crippen LogP contribution in [-0.2, 0) is 28.7 Å². The Bertz CT molecular complexity index is 942. The van der Waals surface area contributed by atoms with E-state index in [9.17, 15) is 21.6 Å². The van der Waals surface area contributed by atoms with Crippen LogP contribution in [0.5, 0.6) is 5.75 Å². The Morgan fingerprint density at radius 2 is 1.40 bits per heavy atom. The van der Waals surface area contributed by atoms with E-state index in [1.54, 1.807) is 31.3 Å². The molecular formula is C20H24F3N3O3S. The van der Waals surface area contributed by atoms with Gasteiger partial charge in [0.05, 0.1) is 5.75 Å². The number of sulfone groups is 1. The normalized spacial score (nSPS) is 12.5. The molecule has 0 amide bonds. The Morgan fingerprint density at radius 1 is 0.933 bits per heavy atom. The van der Waals surface area contributed by atoms with Gasteiger partial charge in [0, 0.05) is 26.4 Å². The van der Waals surface area contributed by atoms with Crippen molar-refractivity contribution in [1.82, 2.24) is 10.6 Å². The van der Waals surface area contributed by atoms with Crippen LogP contribution in [0.15, 0.2) is 53.5 Å². The Labute approximate surface area is 174 Å². The van der Waals surface area contributed by atoms with E-state index in [-0.39, 0.29) is 11.5 Å². The number of aliphatic imine (C=N–C) groups is 1. The second-order valence-corrected chi connectivity index (χ2v) is 8.85. The fourth-order valence-corrected chi connectivity index (χ4v) is 3.31. The van der Waals surface area contributed by atoms with Crippen LogP contribution in [0.4, 0.5) is 13.2 Å². The van der Waals surface area contributed by atoms with Crippen molar-refractivity contribution in [1.29, 1.82) is 0 Å². The number of alkyl halides is 3. The molecule has 0 aliphatic carbocycles. The molecule has 0 spiro atoms. The summed E-state index contributed by atoms with van der Waals surface area (Å²) in [6.07, 6.45) is -3.17. The Balaban J connectivity index is 1.81. The lowest BCUT2D eigenvalue weighted by Crippen LogP contribution is -2.36.